The highest BCUT2D eigenvalue weighted by molar-refractivity contribution is 4.81. The van der Waals surface area contributed by atoms with Gasteiger partial charge in [-0.25, -0.2) is 0 Å². The molecular formula is C21H42. The lowest BCUT2D eigenvalue weighted by atomic mass is 9.84. The van der Waals surface area contributed by atoms with Gasteiger partial charge in [-0.3, -0.25) is 0 Å². The molecule has 0 bridgehead atoms. The summed E-state index contributed by atoms with van der Waals surface area (Å²) in [7, 11) is 0. The van der Waals surface area contributed by atoms with Crippen molar-refractivity contribution in [2.75, 3.05) is 0 Å². The van der Waals surface area contributed by atoms with Gasteiger partial charge in [0.1, 0.15) is 0 Å². The highest BCUT2D eigenvalue weighted by Crippen LogP contribution is 2.27. The third-order valence-corrected chi connectivity index (χ3v) is 5.39. The Morgan fingerprint density at radius 1 is 0.810 bits per heavy atom. The van der Waals surface area contributed by atoms with E-state index in [0.717, 1.165) is 17.8 Å². The summed E-state index contributed by atoms with van der Waals surface area (Å²) in [6.45, 7) is 15.8. The molecule has 21 heavy (non-hydrogen) atoms. The Hall–Kier alpha value is -0.260. The Bertz CT molecular complexity index is 230. The van der Waals surface area contributed by atoms with Crippen LogP contribution in [0.3, 0.4) is 0 Å². The minimum atomic E-state index is 0.689. The Labute approximate surface area is 135 Å². The summed E-state index contributed by atoms with van der Waals surface area (Å²) in [5, 5.41) is 0. The molecule has 0 saturated heterocycles. The molecule has 0 amide bonds. The second-order valence-corrected chi connectivity index (χ2v) is 7.32. The van der Waals surface area contributed by atoms with Crippen molar-refractivity contribution in [2.45, 2.75) is 98.8 Å². The SMILES string of the molecule is C=CC(C)C(CCC)CCCC(C)CCC(CC)CCC. The second kappa shape index (κ2) is 13.4. The maximum atomic E-state index is 3.98. The van der Waals surface area contributed by atoms with Gasteiger partial charge in [-0.05, 0) is 30.1 Å². The van der Waals surface area contributed by atoms with E-state index in [1.54, 1.807) is 0 Å². The predicted octanol–water partition coefficient (Wildman–Crippen LogP) is 7.64. The first-order valence-corrected chi connectivity index (χ1v) is 9.71. The van der Waals surface area contributed by atoms with Gasteiger partial charge in [-0.15, -0.1) is 6.58 Å². The van der Waals surface area contributed by atoms with Crippen LogP contribution in [0.25, 0.3) is 0 Å². The smallest absolute Gasteiger partial charge is 0.0236 e. The van der Waals surface area contributed by atoms with E-state index in [1.807, 2.05) is 0 Å². The Kier molecular flexibility index (Phi) is 13.2. The molecule has 0 rings (SSSR count). The highest BCUT2D eigenvalue weighted by Gasteiger charge is 2.14. The normalized spacial score (nSPS) is 17.2. The van der Waals surface area contributed by atoms with Crippen molar-refractivity contribution in [1.29, 1.82) is 0 Å². The van der Waals surface area contributed by atoms with E-state index in [-0.39, 0.29) is 0 Å². The number of hydrogen-bond donors (Lipinski definition) is 0. The van der Waals surface area contributed by atoms with Crippen molar-refractivity contribution in [3.8, 4) is 0 Å². The van der Waals surface area contributed by atoms with Gasteiger partial charge >= 0.3 is 0 Å². The molecular weight excluding hydrogens is 252 g/mol. The van der Waals surface area contributed by atoms with Crippen LogP contribution >= 0.6 is 0 Å². The van der Waals surface area contributed by atoms with Gasteiger partial charge in [0.05, 0.1) is 0 Å². The van der Waals surface area contributed by atoms with Gasteiger partial charge in [0, 0.05) is 0 Å². The molecule has 0 radical (unpaired) electrons. The van der Waals surface area contributed by atoms with Crippen LogP contribution in [-0.4, -0.2) is 0 Å². The first-order valence-electron chi connectivity index (χ1n) is 9.71. The summed E-state index contributed by atoms with van der Waals surface area (Å²) in [5.74, 6) is 3.45. The van der Waals surface area contributed by atoms with Crippen molar-refractivity contribution in [3.63, 3.8) is 0 Å². The van der Waals surface area contributed by atoms with E-state index in [1.165, 1.54) is 64.2 Å². The van der Waals surface area contributed by atoms with E-state index in [4.69, 9.17) is 0 Å². The molecule has 0 fully saturated rings. The van der Waals surface area contributed by atoms with Crippen LogP contribution < -0.4 is 0 Å². The summed E-state index contributed by atoms with van der Waals surface area (Å²) in [6.07, 6.45) is 16.1. The summed E-state index contributed by atoms with van der Waals surface area (Å²) < 4.78 is 0. The molecule has 126 valence electrons. The molecule has 0 aliphatic carbocycles. The summed E-state index contributed by atoms with van der Waals surface area (Å²) in [4.78, 5) is 0. The third kappa shape index (κ3) is 10.1. The van der Waals surface area contributed by atoms with Crippen LogP contribution in [0.5, 0.6) is 0 Å². The van der Waals surface area contributed by atoms with Crippen molar-refractivity contribution in [1.82, 2.24) is 0 Å². The van der Waals surface area contributed by atoms with Gasteiger partial charge in [0.2, 0.25) is 0 Å². The molecule has 0 saturated carbocycles. The molecule has 0 heterocycles. The molecule has 0 aromatic carbocycles. The molecule has 0 N–H and O–H groups in total. The zero-order chi connectivity index (χ0) is 16.1. The van der Waals surface area contributed by atoms with Gasteiger partial charge in [0.15, 0.2) is 0 Å². The maximum Gasteiger partial charge on any atom is -0.0236 e. The Balaban J connectivity index is 3.90. The van der Waals surface area contributed by atoms with E-state index in [2.05, 4.69) is 47.3 Å². The quantitative estimate of drug-likeness (QED) is 0.289. The zero-order valence-corrected chi connectivity index (χ0v) is 15.7. The summed E-state index contributed by atoms with van der Waals surface area (Å²) in [6, 6.07) is 0. The molecule has 0 nitrogen and oxygen atoms in total. The van der Waals surface area contributed by atoms with Gasteiger partial charge in [0.25, 0.3) is 0 Å². The van der Waals surface area contributed by atoms with Crippen LogP contribution in [0.4, 0.5) is 0 Å². The lowest BCUT2D eigenvalue weighted by Crippen LogP contribution is -2.10. The lowest BCUT2D eigenvalue weighted by molar-refractivity contribution is 0.320. The fraction of sp³-hybridized carbons (Fsp3) is 0.905. The number of hydrogen-bond acceptors (Lipinski definition) is 0. The van der Waals surface area contributed by atoms with Crippen molar-refractivity contribution in [2.24, 2.45) is 23.7 Å². The minimum Gasteiger partial charge on any atom is -0.103 e. The average Bonchev–Trinajstić information content (AvgIpc) is 2.49. The second-order valence-electron chi connectivity index (χ2n) is 7.32. The molecule has 0 aliphatic heterocycles. The van der Waals surface area contributed by atoms with Crippen LogP contribution in [0, 0.1) is 23.7 Å². The maximum absolute atomic E-state index is 3.98. The van der Waals surface area contributed by atoms with E-state index >= 15 is 0 Å². The van der Waals surface area contributed by atoms with Crippen LogP contribution in [0.15, 0.2) is 12.7 Å². The van der Waals surface area contributed by atoms with Crippen LogP contribution in [0.1, 0.15) is 98.8 Å². The highest BCUT2D eigenvalue weighted by atomic mass is 14.2. The summed E-state index contributed by atoms with van der Waals surface area (Å²) in [5.41, 5.74) is 0. The third-order valence-electron chi connectivity index (χ3n) is 5.39. The molecule has 0 spiro atoms. The van der Waals surface area contributed by atoms with Crippen molar-refractivity contribution < 1.29 is 0 Å². The fourth-order valence-corrected chi connectivity index (χ4v) is 3.59. The van der Waals surface area contributed by atoms with E-state index < -0.39 is 0 Å². The largest absolute Gasteiger partial charge is 0.103 e. The van der Waals surface area contributed by atoms with Gasteiger partial charge in [-0.2, -0.15) is 0 Å². The fourth-order valence-electron chi connectivity index (χ4n) is 3.59. The van der Waals surface area contributed by atoms with Gasteiger partial charge in [-0.1, -0.05) is 98.5 Å². The minimum absolute atomic E-state index is 0.689. The van der Waals surface area contributed by atoms with Crippen molar-refractivity contribution in [3.05, 3.63) is 12.7 Å². The number of rotatable bonds is 14. The van der Waals surface area contributed by atoms with E-state index in [9.17, 15) is 0 Å². The predicted molar refractivity (Wildman–Crippen MR) is 98.7 cm³/mol. The monoisotopic (exact) mass is 294 g/mol. The van der Waals surface area contributed by atoms with Crippen LogP contribution in [-0.2, 0) is 0 Å². The molecule has 0 heteroatoms. The molecule has 4 unspecified atom stereocenters. The lowest BCUT2D eigenvalue weighted by Gasteiger charge is -2.22. The zero-order valence-electron chi connectivity index (χ0n) is 15.7. The molecule has 0 aliphatic rings. The molecule has 4 atom stereocenters. The standard InChI is InChI=1S/C21H42/c1-7-12-20(10-4)17-16-18(5)14-11-15-21(13-8-2)19(6)9-3/h9,18-21H,3,7-8,10-17H2,1-2,4-6H3. The van der Waals surface area contributed by atoms with Crippen molar-refractivity contribution >= 4 is 0 Å². The van der Waals surface area contributed by atoms with Gasteiger partial charge < -0.3 is 0 Å². The van der Waals surface area contributed by atoms with E-state index in [0.29, 0.717) is 5.92 Å². The summed E-state index contributed by atoms with van der Waals surface area (Å²) >= 11 is 0. The first-order chi connectivity index (χ1) is 10.1. The number of allylic oxidation sites excluding steroid dienone is 1. The topological polar surface area (TPSA) is 0 Å². The first kappa shape index (κ1) is 20.7. The average molecular weight is 295 g/mol. The Morgan fingerprint density at radius 2 is 1.48 bits per heavy atom. The Morgan fingerprint density at radius 3 is 2.00 bits per heavy atom. The molecule has 0 aromatic heterocycles. The molecule has 0 aromatic rings. The van der Waals surface area contributed by atoms with Crippen LogP contribution in [0.2, 0.25) is 0 Å².